The number of ether oxygens (including phenoxy) is 1. The number of aromatic nitrogens is 3. The largest absolute Gasteiger partial charge is 0.342 e. The number of H-pyrrole nitrogens is 1. The van der Waals surface area contributed by atoms with Crippen LogP contribution in [0.5, 0.6) is 0 Å². The van der Waals surface area contributed by atoms with Crippen molar-refractivity contribution < 1.29 is 9.53 Å². The van der Waals surface area contributed by atoms with Gasteiger partial charge in [0, 0.05) is 44.0 Å². The fraction of sp³-hybridized carbons (Fsp3) is 0.571. The van der Waals surface area contributed by atoms with E-state index in [9.17, 15) is 4.79 Å². The van der Waals surface area contributed by atoms with E-state index in [0.29, 0.717) is 11.5 Å². The van der Waals surface area contributed by atoms with Crippen molar-refractivity contribution in [2.45, 2.75) is 70.9 Å². The number of likely N-dealkylation sites (tertiary alicyclic amines) is 1. The molecule has 194 valence electrons. The smallest absolute Gasteiger partial charge is 0.225 e. The molecule has 36 heavy (non-hydrogen) atoms. The number of nitrogens with one attached hydrogen (secondary N) is 1. The Morgan fingerprint density at radius 2 is 2.00 bits per heavy atom. The van der Waals surface area contributed by atoms with Gasteiger partial charge in [0.05, 0.1) is 34.4 Å². The predicted octanol–water partition coefficient (Wildman–Crippen LogP) is 5.76. The van der Waals surface area contributed by atoms with Gasteiger partial charge in [0.1, 0.15) is 5.82 Å². The van der Waals surface area contributed by atoms with E-state index < -0.39 is 0 Å². The molecule has 1 atom stereocenters. The third-order valence-corrected chi connectivity index (χ3v) is 6.23. The summed E-state index contributed by atoms with van der Waals surface area (Å²) >= 11 is 2.31. The zero-order valence-electron chi connectivity index (χ0n) is 22.4. The maximum absolute atomic E-state index is 12.3. The minimum atomic E-state index is 0.240. The number of unbranched alkanes of at least 4 members (excludes halogenated alkanes) is 2. The van der Waals surface area contributed by atoms with Crippen LogP contribution in [-0.2, 0) is 9.53 Å². The van der Waals surface area contributed by atoms with Crippen LogP contribution in [-0.4, -0.2) is 69.4 Å². The SMILES string of the molecule is CC.CCCCCOC.C[As].N#Cc1ccc2ncc3[nH]c(C4CCN(C(=O)C5CC5)C4)nc3c2c1. The van der Waals surface area contributed by atoms with E-state index in [1.807, 2.05) is 36.6 Å². The number of pyridine rings is 1. The number of nitriles is 1. The van der Waals surface area contributed by atoms with Crippen LogP contribution in [0.2, 0.25) is 5.71 Å². The topological polar surface area (TPSA) is 94.9 Å². The Labute approximate surface area is 224 Å². The van der Waals surface area contributed by atoms with Crippen LogP contribution >= 0.6 is 0 Å². The van der Waals surface area contributed by atoms with Gasteiger partial charge in [0.15, 0.2) is 0 Å². The molecule has 3 aromatic rings. The van der Waals surface area contributed by atoms with Crippen LogP contribution in [0.4, 0.5) is 0 Å². The van der Waals surface area contributed by atoms with Crippen molar-refractivity contribution in [2.75, 3.05) is 26.8 Å². The summed E-state index contributed by atoms with van der Waals surface area (Å²) in [4.78, 5) is 26.9. The van der Waals surface area contributed by atoms with Crippen molar-refractivity contribution >= 4 is 44.7 Å². The van der Waals surface area contributed by atoms with Crippen LogP contribution in [0, 0.1) is 17.2 Å². The number of aromatic amines is 1. The second kappa shape index (κ2) is 15.6. The molecule has 7 nitrogen and oxygen atoms in total. The second-order valence-electron chi connectivity index (χ2n) is 8.73. The molecular weight excluding hydrogens is 513 g/mol. The number of rotatable bonds is 6. The maximum atomic E-state index is 12.3. The zero-order valence-corrected chi connectivity index (χ0v) is 24.3. The summed E-state index contributed by atoms with van der Waals surface area (Å²) < 4.78 is 4.84. The second-order valence-corrected chi connectivity index (χ2v) is 8.73. The number of benzene rings is 1. The maximum Gasteiger partial charge on any atom is 0.225 e. The molecule has 1 saturated heterocycles. The number of amides is 1. The van der Waals surface area contributed by atoms with Gasteiger partial charge in [-0.1, -0.05) is 33.6 Å². The molecule has 1 N–H and O–H groups in total. The summed E-state index contributed by atoms with van der Waals surface area (Å²) in [5.41, 5.74) is 5.11. The summed E-state index contributed by atoms with van der Waals surface area (Å²) in [6.45, 7) is 8.67. The van der Waals surface area contributed by atoms with Crippen LogP contribution in [0.25, 0.3) is 21.9 Å². The molecule has 1 saturated carbocycles. The molecule has 1 unspecified atom stereocenters. The Balaban J connectivity index is 0.000000358. The Kier molecular flexibility index (Phi) is 12.9. The molecule has 2 radical (unpaired) electrons. The molecule has 0 bridgehead atoms. The average Bonchev–Trinajstić information content (AvgIpc) is 3.50. The van der Waals surface area contributed by atoms with Crippen molar-refractivity contribution in [3.63, 3.8) is 0 Å². The number of imidazole rings is 1. The molecular formula is C28H40AsN5O2. The quantitative estimate of drug-likeness (QED) is 0.309. The first-order valence-electron chi connectivity index (χ1n) is 13.1. The first-order valence-corrected chi connectivity index (χ1v) is 14.9. The Bertz CT molecular complexity index is 1130. The molecule has 1 aliphatic heterocycles. The van der Waals surface area contributed by atoms with Crippen molar-refractivity contribution in [1.82, 2.24) is 19.9 Å². The molecule has 2 aromatic heterocycles. The Morgan fingerprint density at radius 3 is 2.64 bits per heavy atom. The monoisotopic (exact) mass is 553 g/mol. The minimum Gasteiger partial charge on any atom is -0.342 e. The zero-order chi connectivity index (χ0) is 26.5. The van der Waals surface area contributed by atoms with Crippen LogP contribution < -0.4 is 0 Å². The molecule has 3 heterocycles. The molecule has 2 fully saturated rings. The minimum absolute atomic E-state index is 0.240. The normalized spacial score (nSPS) is 16.2. The van der Waals surface area contributed by atoms with Gasteiger partial charge < -0.3 is 14.6 Å². The van der Waals surface area contributed by atoms with E-state index in [4.69, 9.17) is 15.0 Å². The number of hydrogen-bond donors (Lipinski definition) is 1. The molecule has 8 heteroatoms. The van der Waals surface area contributed by atoms with E-state index in [1.165, 1.54) is 19.3 Å². The summed E-state index contributed by atoms with van der Waals surface area (Å²) in [6.07, 6.45) is 8.62. The van der Waals surface area contributed by atoms with E-state index in [0.717, 1.165) is 66.7 Å². The van der Waals surface area contributed by atoms with Crippen LogP contribution in [0.15, 0.2) is 24.4 Å². The first-order chi connectivity index (χ1) is 17.6. The summed E-state index contributed by atoms with van der Waals surface area (Å²) in [6, 6.07) is 7.64. The van der Waals surface area contributed by atoms with Gasteiger partial charge in [0.2, 0.25) is 5.91 Å². The number of methoxy groups -OCH3 is 1. The van der Waals surface area contributed by atoms with E-state index in [2.05, 4.69) is 39.8 Å². The first kappa shape index (κ1) is 29.8. The Hall–Kier alpha value is -2.42. The number of hydrogen-bond acceptors (Lipinski definition) is 5. The summed E-state index contributed by atoms with van der Waals surface area (Å²) in [7, 11) is 1.75. The van der Waals surface area contributed by atoms with Gasteiger partial charge in [0.25, 0.3) is 0 Å². The third-order valence-electron chi connectivity index (χ3n) is 6.23. The third kappa shape index (κ3) is 7.79. The number of carbonyl (C=O) groups excluding carboxylic acids is 1. The molecule has 2 aliphatic rings. The van der Waals surface area contributed by atoms with Crippen molar-refractivity contribution in [3.8, 4) is 6.07 Å². The molecule has 0 spiro atoms. The average molecular weight is 554 g/mol. The predicted molar refractivity (Wildman–Crippen MR) is 147 cm³/mol. The van der Waals surface area contributed by atoms with Gasteiger partial charge in [-0.25, -0.2) is 4.98 Å². The number of fused-ring (bicyclic) bond motifs is 3. The number of carbonyl (C=O) groups is 1. The Morgan fingerprint density at radius 1 is 1.25 bits per heavy atom. The van der Waals surface area contributed by atoms with Crippen molar-refractivity contribution in [2.24, 2.45) is 5.92 Å². The van der Waals surface area contributed by atoms with E-state index >= 15 is 0 Å². The fourth-order valence-corrected chi connectivity index (χ4v) is 4.21. The van der Waals surface area contributed by atoms with Gasteiger partial charge in [-0.05, 0) is 43.9 Å². The molecule has 5 rings (SSSR count). The van der Waals surface area contributed by atoms with Crippen molar-refractivity contribution in [1.29, 1.82) is 5.26 Å². The van der Waals surface area contributed by atoms with Gasteiger partial charge in [-0.2, -0.15) is 5.26 Å². The van der Waals surface area contributed by atoms with Gasteiger partial charge in [-0.15, -0.1) is 0 Å². The standard InChI is InChI=1S/C19H17N5O.C6H14O.C2H6.CH3As/c20-8-11-1-4-15-14(7-11)17-16(9-21-15)22-18(23-17)13-5-6-24(10-13)19(25)12-2-3-12;1-3-4-5-6-7-2;2*1-2/h1,4,7,9,12-13H,2-3,5-6,10H2,(H,22,23);3-6H2,1-2H3;1-2H3;1H3. The van der Waals surface area contributed by atoms with Gasteiger partial charge >= 0.3 is 22.6 Å². The number of nitrogens with zero attached hydrogens (tertiary/aromatic N) is 4. The molecule has 1 aromatic carbocycles. The van der Waals surface area contributed by atoms with E-state index in [1.54, 1.807) is 19.4 Å². The summed E-state index contributed by atoms with van der Waals surface area (Å²) in [5.74, 6) is 1.73. The molecule has 1 aliphatic carbocycles. The van der Waals surface area contributed by atoms with Gasteiger partial charge in [-0.3, -0.25) is 9.78 Å². The molecule has 1 amide bonds. The van der Waals surface area contributed by atoms with Crippen LogP contribution in [0.3, 0.4) is 0 Å². The van der Waals surface area contributed by atoms with Crippen LogP contribution in [0.1, 0.15) is 76.6 Å². The fourth-order valence-electron chi connectivity index (χ4n) is 4.21. The summed E-state index contributed by atoms with van der Waals surface area (Å²) in [5, 5.41) is 10.0. The van der Waals surface area contributed by atoms with E-state index in [-0.39, 0.29) is 11.8 Å². The van der Waals surface area contributed by atoms with Crippen molar-refractivity contribution in [3.05, 3.63) is 35.8 Å².